The SMILES string of the molecule is O=C1C(=Cc2cc3oc(-c4ccccc4)nc3s2)C(=O)c2cc3cc(Br)c(Br)cc3cc21. The minimum absolute atomic E-state index is 0.167. The lowest BCUT2D eigenvalue weighted by Crippen LogP contribution is -1.99. The van der Waals surface area contributed by atoms with Gasteiger partial charge in [0, 0.05) is 36.6 Å². The third-order valence-electron chi connectivity index (χ3n) is 5.41. The molecule has 1 aliphatic carbocycles. The summed E-state index contributed by atoms with van der Waals surface area (Å²) in [6.45, 7) is 0. The topological polar surface area (TPSA) is 60.2 Å². The number of hydrogen-bond acceptors (Lipinski definition) is 5. The fourth-order valence-corrected chi connectivity index (χ4v) is 5.48. The molecule has 154 valence electrons. The van der Waals surface area contributed by atoms with Gasteiger partial charge in [0.2, 0.25) is 5.89 Å². The van der Waals surface area contributed by atoms with Crippen molar-refractivity contribution in [3.63, 3.8) is 0 Å². The Hall–Kier alpha value is -2.87. The van der Waals surface area contributed by atoms with Gasteiger partial charge in [-0.1, -0.05) is 18.2 Å². The van der Waals surface area contributed by atoms with Crippen LogP contribution in [0, 0.1) is 0 Å². The number of Topliss-reactive ketones (excluding diaryl/α,β-unsaturated/α-hetero) is 2. The Balaban J connectivity index is 1.39. The Morgan fingerprint density at radius 3 is 2.06 bits per heavy atom. The van der Waals surface area contributed by atoms with E-state index in [-0.39, 0.29) is 17.1 Å². The summed E-state index contributed by atoms with van der Waals surface area (Å²) in [5.74, 6) is 0.0401. The monoisotopic (exact) mass is 563 g/mol. The molecular formula is C25H11Br2NO3S. The first-order chi connectivity index (χ1) is 15.5. The zero-order valence-electron chi connectivity index (χ0n) is 16.2. The first-order valence-corrected chi connectivity index (χ1v) is 12.1. The van der Waals surface area contributed by atoms with Crippen molar-refractivity contribution in [3.8, 4) is 11.5 Å². The standard InChI is InChI=1S/C25H11Br2NO3S/c26-19-8-13-6-16-17(7-14(13)9-20(19)27)23(30)18(22(16)29)10-15-11-21-25(32-15)28-24(31-21)12-4-2-1-3-5-12/h1-11H. The summed E-state index contributed by atoms with van der Waals surface area (Å²) in [6, 6.07) is 18.9. The molecule has 4 nitrogen and oxygen atoms in total. The molecule has 0 unspecified atom stereocenters. The van der Waals surface area contributed by atoms with E-state index in [2.05, 4.69) is 36.8 Å². The maximum Gasteiger partial charge on any atom is 0.228 e. The summed E-state index contributed by atoms with van der Waals surface area (Å²) in [6.07, 6.45) is 1.64. The lowest BCUT2D eigenvalue weighted by Gasteiger charge is -2.04. The Morgan fingerprint density at radius 1 is 0.844 bits per heavy atom. The van der Waals surface area contributed by atoms with Crippen molar-refractivity contribution < 1.29 is 14.0 Å². The second kappa shape index (κ2) is 7.33. The number of carbonyl (C=O) groups excluding carboxylic acids is 2. The van der Waals surface area contributed by atoms with Crippen molar-refractivity contribution in [1.82, 2.24) is 4.98 Å². The number of aromatic nitrogens is 1. The highest BCUT2D eigenvalue weighted by molar-refractivity contribution is 9.13. The lowest BCUT2D eigenvalue weighted by molar-refractivity contribution is 0.0990. The minimum Gasteiger partial charge on any atom is -0.435 e. The summed E-state index contributed by atoms with van der Waals surface area (Å²) in [7, 11) is 0. The maximum absolute atomic E-state index is 13.1. The van der Waals surface area contributed by atoms with Crippen LogP contribution >= 0.6 is 43.2 Å². The number of thiophene rings is 1. The van der Waals surface area contributed by atoms with Crippen LogP contribution in [0.1, 0.15) is 25.6 Å². The van der Waals surface area contributed by atoms with E-state index in [1.807, 2.05) is 48.5 Å². The van der Waals surface area contributed by atoms with Gasteiger partial charge < -0.3 is 4.42 Å². The van der Waals surface area contributed by atoms with Crippen molar-refractivity contribution in [2.45, 2.75) is 0 Å². The molecule has 0 fully saturated rings. The molecule has 2 aromatic heterocycles. The number of oxazole rings is 1. The predicted octanol–water partition coefficient (Wildman–Crippen LogP) is 7.70. The van der Waals surface area contributed by atoms with E-state index in [1.165, 1.54) is 11.3 Å². The summed E-state index contributed by atoms with van der Waals surface area (Å²) in [5.41, 5.74) is 2.58. The van der Waals surface area contributed by atoms with Crippen molar-refractivity contribution in [1.29, 1.82) is 0 Å². The fraction of sp³-hybridized carbons (Fsp3) is 0. The summed E-state index contributed by atoms with van der Waals surface area (Å²) in [5, 5.41) is 1.79. The highest BCUT2D eigenvalue weighted by Crippen LogP contribution is 2.37. The molecule has 0 saturated carbocycles. The molecule has 32 heavy (non-hydrogen) atoms. The van der Waals surface area contributed by atoms with Crippen molar-refractivity contribution in [2.24, 2.45) is 0 Å². The molecule has 5 aromatic rings. The van der Waals surface area contributed by atoms with Crippen LogP contribution in [0.5, 0.6) is 0 Å². The van der Waals surface area contributed by atoms with Gasteiger partial charge in [-0.3, -0.25) is 9.59 Å². The fourth-order valence-electron chi connectivity index (χ4n) is 3.86. The van der Waals surface area contributed by atoms with Crippen LogP contribution in [-0.4, -0.2) is 16.6 Å². The lowest BCUT2D eigenvalue weighted by atomic mass is 10.0. The van der Waals surface area contributed by atoms with Crippen LogP contribution in [0.4, 0.5) is 0 Å². The molecule has 0 radical (unpaired) electrons. The average Bonchev–Trinajstić information content (AvgIpc) is 3.42. The van der Waals surface area contributed by atoms with E-state index < -0.39 is 0 Å². The van der Waals surface area contributed by atoms with E-state index >= 15 is 0 Å². The molecular weight excluding hydrogens is 554 g/mol. The summed E-state index contributed by atoms with van der Waals surface area (Å²) >= 11 is 8.37. The van der Waals surface area contributed by atoms with Crippen LogP contribution in [0.2, 0.25) is 0 Å². The van der Waals surface area contributed by atoms with Crippen LogP contribution in [-0.2, 0) is 0 Å². The van der Waals surface area contributed by atoms with Gasteiger partial charge in [0.15, 0.2) is 22.0 Å². The number of halogens is 2. The van der Waals surface area contributed by atoms with Gasteiger partial charge in [-0.05, 0) is 85.1 Å². The zero-order valence-corrected chi connectivity index (χ0v) is 20.2. The Labute approximate surface area is 202 Å². The third-order valence-corrected chi connectivity index (χ3v) is 8.21. The van der Waals surface area contributed by atoms with Gasteiger partial charge in [0.05, 0.1) is 5.57 Å². The van der Waals surface area contributed by atoms with Crippen molar-refractivity contribution in [3.05, 3.63) is 91.2 Å². The molecule has 2 heterocycles. The third kappa shape index (κ3) is 3.11. The number of fused-ring (bicyclic) bond motifs is 3. The van der Waals surface area contributed by atoms with E-state index in [4.69, 9.17) is 4.42 Å². The van der Waals surface area contributed by atoms with E-state index in [1.54, 1.807) is 18.2 Å². The molecule has 0 bridgehead atoms. The quantitative estimate of drug-likeness (QED) is 0.163. The van der Waals surface area contributed by atoms with Gasteiger partial charge in [-0.15, -0.1) is 11.3 Å². The van der Waals surface area contributed by atoms with Gasteiger partial charge in [-0.2, -0.15) is 4.98 Å². The largest absolute Gasteiger partial charge is 0.435 e. The average molecular weight is 565 g/mol. The highest BCUT2D eigenvalue weighted by atomic mass is 79.9. The molecule has 3 aromatic carbocycles. The van der Waals surface area contributed by atoms with Crippen molar-refractivity contribution >= 4 is 82.0 Å². The summed E-state index contributed by atoms with van der Waals surface area (Å²) < 4.78 is 7.66. The van der Waals surface area contributed by atoms with Gasteiger partial charge in [0.1, 0.15) is 0 Å². The second-order valence-corrected chi connectivity index (χ2v) is 10.2. The number of allylic oxidation sites excluding steroid dienone is 1. The number of benzene rings is 3. The van der Waals surface area contributed by atoms with Crippen LogP contribution in [0.25, 0.3) is 38.7 Å². The normalized spacial score (nSPS) is 13.4. The van der Waals surface area contributed by atoms with Crippen LogP contribution in [0.3, 0.4) is 0 Å². The molecule has 6 rings (SSSR count). The molecule has 7 heteroatoms. The molecule has 0 atom stereocenters. The Bertz CT molecular complexity index is 1540. The molecule has 0 aliphatic heterocycles. The van der Waals surface area contributed by atoms with Crippen LogP contribution in [0.15, 0.2) is 79.6 Å². The molecule has 0 N–H and O–H groups in total. The van der Waals surface area contributed by atoms with E-state index in [0.29, 0.717) is 22.6 Å². The Kier molecular flexibility index (Phi) is 4.54. The molecule has 1 aliphatic rings. The number of carbonyl (C=O) groups is 2. The number of hydrogen-bond donors (Lipinski definition) is 0. The van der Waals surface area contributed by atoms with E-state index in [9.17, 15) is 9.59 Å². The zero-order chi connectivity index (χ0) is 22.0. The summed E-state index contributed by atoms with van der Waals surface area (Å²) in [4.78, 5) is 32.1. The smallest absolute Gasteiger partial charge is 0.228 e. The van der Waals surface area contributed by atoms with Gasteiger partial charge >= 0.3 is 0 Å². The number of rotatable bonds is 2. The van der Waals surface area contributed by atoms with E-state index in [0.717, 1.165) is 35.0 Å². The Morgan fingerprint density at radius 2 is 1.47 bits per heavy atom. The van der Waals surface area contributed by atoms with Crippen LogP contribution < -0.4 is 0 Å². The first-order valence-electron chi connectivity index (χ1n) is 9.67. The minimum atomic E-state index is -0.256. The first kappa shape index (κ1) is 19.8. The van der Waals surface area contributed by atoms with Crippen molar-refractivity contribution in [2.75, 3.05) is 0 Å². The van der Waals surface area contributed by atoms with Gasteiger partial charge in [-0.25, -0.2) is 0 Å². The van der Waals surface area contributed by atoms with Gasteiger partial charge in [0.25, 0.3) is 0 Å². The molecule has 0 amide bonds. The highest BCUT2D eigenvalue weighted by Gasteiger charge is 2.33. The second-order valence-electron chi connectivity index (χ2n) is 7.43. The predicted molar refractivity (Wildman–Crippen MR) is 133 cm³/mol. The number of nitrogens with zero attached hydrogens (tertiary/aromatic N) is 1. The molecule has 0 saturated heterocycles. The number of ketones is 2. The molecule has 0 spiro atoms. The maximum atomic E-state index is 13.1.